The molecular weight excluding hydrogens is 148 g/mol. The first-order chi connectivity index (χ1) is 5.07. The largest absolute Gasteiger partial charge is 0.480 e. The summed E-state index contributed by atoms with van der Waals surface area (Å²) >= 11 is 0. The molecule has 6 N–H and O–H groups in total. The molecule has 66 valence electrons. The first kappa shape index (κ1) is 10.3. The van der Waals surface area contributed by atoms with E-state index in [2.05, 4.69) is 0 Å². The van der Waals surface area contributed by atoms with Crippen molar-refractivity contribution >= 4 is 5.97 Å². The lowest BCUT2D eigenvalue weighted by Gasteiger charge is -2.09. The van der Waals surface area contributed by atoms with Gasteiger partial charge in [-0.15, -0.1) is 0 Å². The summed E-state index contributed by atoms with van der Waals surface area (Å²) in [7, 11) is 0. The summed E-state index contributed by atoms with van der Waals surface area (Å²) in [4.78, 5) is 10.2. The number of carboxylic acids is 1. The second-order valence-electron chi connectivity index (χ2n) is 2.41. The Morgan fingerprint density at radius 3 is 2.36 bits per heavy atom. The van der Waals surface area contributed by atoms with Crippen molar-refractivity contribution in [2.24, 2.45) is 11.5 Å². The van der Waals surface area contributed by atoms with Gasteiger partial charge in [-0.05, 0) is 12.8 Å². The number of aliphatic hydroxyl groups excluding tert-OH is 1. The van der Waals surface area contributed by atoms with Crippen LogP contribution in [0.15, 0.2) is 0 Å². The van der Waals surface area contributed by atoms with Crippen LogP contribution in [0.2, 0.25) is 0 Å². The molecule has 0 saturated carbocycles. The fourth-order valence-electron chi connectivity index (χ4n) is 0.613. The van der Waals surface area contributed by atoms with Crippen molar-refractivity contribution in [2.45, 2.75) is 25.0 Å². The van der Waals surface area contributed by atoms with E-state index in [0.29, 0.717) is 6.42 Å². The van der Waals surface area contributed by atoms with E-state index in [1.165, 1.54) is 0 Å². The van der Waals surface area contributed by atoms with Crippen molar-refractivity contribution in [1.29, 1.82) is 0 Å². The maximum absolute atomic E-state index is 10.2. The van der Waals surface area contributed by atoms with E-state index >= 15 is 0 Å². The number of carboxylic acid groups (broad SMARTS) is 1. The highest BCUT2D eigenvalue weighted by Gasteiger charge is 2.12. The predicted octanol–water partition coefficient (Wildman–Crippen LogP) is -1.50. The molecule has 5 nitrogen and oxygen atoms in total. The second kappa shape index (κ2) is 5.06. The van der Waals surface area contributed by atoms with Gasteiger partial charge in [0.2, 0.25) is 0 Å². The van der Waals surface area contributed by atoms with Gasteiger partial charge in [-0.25, -0.2) is 0 Å². The van der Waals surface area contributed by atoms with Crippen LogP contribution in [0.4, 0.5) is 0 Å². The summed E-state index contributed by atoms with van der Waals surface area (Å²) in [6.45, 7) is 0.145. The number of hydrogen-bond donors (Lipinski definition) is 4. The normalized spacial score (nSPS) is 15.9. The van der Waals surface area contributed by atoms with Crippen LogP contribution >= 0.6 is 0 Å². The molecule has 0 aliphatic rings. The minimum absolute atomic E-state index is 0.145. The predicted molar refractivity (Wildman–Crippen MR) is 39.9 cm³/mol. The van der Waals surface area contributed by atoms with Gasteiger partial charge < -0.3 is 21.7 Å². The highest BCUT2D eigenvalue weighted by molar-refractivity contribution is 5.72. The molecule has 0 fully saturated rings. The van der Waals surface area contributed by atoms with Gasteiger partial charge in [0.15, 0.2) is 0 Å². The average Bonchev–Trinajstić information content (AvgIpc) is 1.99. The second-order valence-corrected chi connectivity index (χ2v) is 2.41. The topological polar surface area (TPSA) is 110 Å². The minimum atomic E-state index is -1.05. The fraction of sp³-hybridized carbons (Fsp3) is 0.833. The van der Waals surface area contributed by atoms with E-state index < -0.39 is 18.1 Å². The van der Waals surface area contributed by atoms with Gasteiger partial charge in [0.05, 0.1) is 6.10 Å². The van der Waals surface area contributed by atoms with Crippen LogP contribution in [0.3, 0.4) is 0 Å². The van der Waals surface area contributed by atoms with Crippen LogP contribution < -0.4 is 11.5 Å². The molecule has 0 aromatic heterocycles. The Bertz CT molecular complexity index is 129. The molecular formula is C6H14N2O3. The standard InChI is InChI=1S/C6H14N2O3/c7-3-4(9)1-2-5(8)6(10)11/h4-5,9H,1-3,7-8H2,(H,10,11)/t4-,5+/m0/s1. The van der Waals surface area contributed by atoms with Crippen LogP contribution in [0.5, 0.6) is 0 Å². The summed E-state index contributed by atoms with van der Waals surface area (Å²) in [5, 5.41) is 17.2. The van der Waals surface area contributed by atoms with E-state index in [9.17, 15) is 4.79 Å². The summed E-state index contributed by atoms with van der Waals surface area (Å²) in [5.74, 6) is -1.05. The van der Waals surface area contributed by atoms with Crippen LogP contribution in [0.25, 0.3) is 0 Å². The molecule has 0 aliphatic carbocycles. The zero-order valence-electron chi connectivity index (χ0n) is 6.23. The number of nitrogens with two attached hydrogens (primary N) is 2. The summed E-state index contributed by atoms with van der Waals surface area (Å²) in [6.07, 6.45) is -0.0436. The molecule has 0 aromatic carbocycles. The van der Waals surface area contributed by atoms with E-state index in [4.69, 9.17) is 21.7 Å². The Labute approximate surface area is 65.0 Å². The van der Waals surface area contributed by atoms with Gasteiger partial charge >= 0.3 is 5.97 Å². The molecule has 0 aromatic rings. The fourth-order valence-corrected chi connectivity index (χ4v) is 0.613. The highest BCUT2D eigenvalue weighted by Crippen LogP contribution is 1.98. The van der Waals surface area contributed by atoms with Crippen molar-refractivity contribution in [3.05, 3.63) is 0 Å². The van der Waals surface area contributed by atoms with Crippen molar-refractivity contribution in [3.63, 3.8) is 0 Å². The Kier molecular flexibility index (Phi) is 4.76. The lowest BCUT2D eigenvalue weighted by atomic mass is 10.1. The Morgan fingerprint density at radius 1 is 1.45 bits per heavy atom. The molecule has 0 rings (SSSR count). The zero-order valence-corrected chi connectivity index (χ0v) is 6.23. The Balaban J connectivity index is 3.45. The van der Waals surface area contributed by atoms with E-state index in [1.807, 2.05) is 0 Å². The lowest BCUT2D eigenvalue weighted by Crippen LogP contribution is -2.32. The molecule has 0 aliphatic heterocycles. The van der Waals surface area contributed by atoms with Gasteiger partial charge in [-0.2, -0.15) is 0 Å². The first-order valence-corrected chi connectivity index (χ1v) is 3.44. The molecule has 0 radical (unpaired) electrons. The van der Waals surface area contributed by atoms with Crippen LogP contribution in [0.1, 0.15) is 12.8 Å². The molecule has 0 heterocycles. The van der Waals surface area contributed by atoms with Crippen LogP contribution in [-0.4, -0.2) is 34.9 Å². The number of carbonyl (C=O) groups is 1. The molecule has 0 unspecified atom stereocenters. The van der Waals surface area contributed by atoms with Crippen LogP contribution in [0, 0.1) is 0 Å². The third-order valence-corrected chi connectivity index (χ3v) is 1.40. The van der Waals surface area contributed by atoms with Gasteiger partial charge in [0.1, 0.15) is 6.04 Å². The number of rotatable bonds is 5. The lowest BCUT2D eigenvalue weighted by molar-refractivity contribution is -0.138. The molecule has 0 saturated heterocycles. The van der Waals surface area contributed by atoms with Crippen LogP contribution in [-0.2, 0) is 4.79 Å². The molecule has 5 heteroatoms. The van der Waals surface area contributed by atoms with Gasteiger partial charge in [0.25, 0.3) is 0 Å². The maximum Gasteiger partial charge on any atom is 0.320 e. The third kappa shape index (κ3) is 4.72. The average molecular weight is 162 g/mol. The molecule has 2 atom stereocenters. The van der Waals surface area contributed by atoms with Crippen molar-refractivity contribution in [3.8, 4) is 0 Å². The SMILES string of the molecule is NC[C@@H](O)CC[C@@H](N)C(=O)O. The number of aliphatic hydroxyl groups is 1. The van der Waals surface area contributed by atoms with E-state index in [-0.39, 0.29) is 13.0 Å². The van der Waals surface area contributed by atoms with Gasteiger partial charge in [0, 0.05) is 6.54 Å². The maximum atomic E-state index is 10.2. The van der Waals surface area contributed by atoms with Crippen molar-refractivity contribution in [2.75, 3.05) is 6.54 Å². The Hall–Kier alpha value is -0.650. The number of aliphatic carboxylic acids is 1. The molecule has 0 amide bonds. The monoisotopic (exact) mass is 162 g/mol. The minimum Gasteiger partial charge on any atom is -0.480 e. The summed E-state index contributed by atoms with van der Waals surface area (Å²) < 4.78 is 0. The molecule has 0 bridgehead atoms. The third-order valence-electron chi connectivity index (χ3n) is 1.40. The molecule has 0 spiro atoms. The quantitative estimate of drug-likeness (QED) is 0.393. The smallest absolute Gasteiger partial charge is 0.320 e. The van der Waals surface area contributed by atoms with Crippen molar-refractivity contribution < 1.29 is 15.0 Å². The highest BCUT2D eigenvalue weighted by atomic mass is 16.4. The van der Waals surface area contributed by atoms with E-state index in [1.54, 1.807) is 0 Å². The van der Waals surface area contributed by atoms with Gasteiger partial charge in [-0.3, -0.25) is 4.79 Å². The summed E-state index contributed by atoms with van der Waals surface area (Å²) in [5.41, 5.74) is 10.3. The van der Waals surface area contributed by atoms with E-state index in [0.717, 1.165) is 0 Å². The van der Waals surface area contributed by atoms with Crippen molar-refractivity contribution in [1.82, 2.24) is 0 Å². The first-order valence-electron chi connectivity index (χ1n) is 3.44. The summed E-state index contributed by atoms with van der Waals surface area (Å²) in [6, 6.07) is -0.892. The molecule has 11 heavy (non-hydrogen) atoms. The Morgan fingerprint density at radius 2 is 2.00 bits per heavy atom. The zero-order chi connectivity index (χ0) is 8.85. The number of hydrogen-bond acceptors (Lipinski definition) is 4. The van der Waals surface area contributed by atoms with Gasteiger partial charge in [-0.1, -0.05) is 0 Å².